The number of carbonyl (C=O) groups is 4. The highest BCUT2D eigenvalue weighted by Crippen LogP contribution is 2.46. The number of amides is 2. The van der Waals surface area contributed by atoms with Gasteiger partial charge in [0.15, 0.2) is 5.15 Å². The molecule has 292 valence electrons. The molecule has 2 saturated carbocycles. The first-order valence-corrected chi connectivity index (χ1v) is 20.0. The predicted molar refractivity (Wildman–Crippen MR) is 203 cm³/mol. The second-order valence-corrected chi connectivity index (χ2v) is 15.4. The molecule has 3 fully saturated rings. The average molecular weight is 765 g/mol. The van der Waals surface area contributed by atoms with Crippen molar-refractivity contribution in [2.45, 2.75) is 121 Å². The lowest BCUT2D eigenvalue weighted by Crippen LogP contribution is -2.54. The fraction of sp³-hybridized carbons (Fsp3) is 0.610. The molecule has 0 spiro atoms. The minimum atomic E-state index is -1.21. The molecule has 13 heteroatoms. The molecule has 3 heterocycles. The molecule has 1 aromatic heterocycles. The normalized spacial score (nSPS) is 29.2. The number of benzene rings is 1. The van der Waals surface area contributed by atoms with Crippen LogP contribution < -0.4 is 14.8 Å². The molecule has 1 aromatic carbocycles. The molecule has 4 aliphatic rings. The van der Waals surface area contributed by atoms with Crippen LogP contribution in [0, 0.1) is 17.8 Å². The highest BCUT2D eigenvalue weighted by molar-refractivity contribution is 6.31. The zero-order valence-corrected chi connectivity index (χ0v) is 32.2. The van der Waals surface area contributed by atoms with Gasteiger partial charge in [0.05, 0.1) is 37.7 Å². The van der Waals surface area contributed by atoms with Gasteiger partial charge in [-0.15, -0.1) is 6.58 Å². The SMILES string of the molecule is C=CCCC[C@@H]1CCC[C@H]1OC(=O)C[C@H]1CCCCC/C=C\[C@@H]2C[C@@]2(C(=O)OCC)NC(=O)[C@@H]2C[C@@H](Oc3nc4cc(OC)ccc4nc3Cl)CN2C1=O. The fourth-order valence-corrected chi connectivity index (χ4v) is 8.49. The Balaban J connectivity index is 1.25. The molecule has 2 aromatic rings. The molecule has 7 atom stereocenters. The van der Waals surface area contributed by atoms with E-state index in [1.54, 1.807) is 32.2 Å². The predicted octanol–water partition coefficient (Wildman–Crippen LogP) is 6.67. The van der Waals surface area contributed by atoms with E-state index in [1.807, 2.05) is 12.2 Å². The third kappa shape index (κ3) is 9.18. The highest BCUT2D eigenvalue weighted by atomic mass is 35.5. The van der Waals surface area contributed by atoms with Gasteiger partial charge < -0.3 is 29.2 Å². The van der Waals surface area contributed by atoms with Gasteiger partial charge in [-0.3, -0.25) is 14.4 Å². The van der Waals surface area contributed by atoms with Gasteiger partial charge in [-0.2, -0.15) is 0 Å². The average Bonchev–Trinajstić information content (AvgIpc) is 3.43. The Kier molecular flexibility index (Phi) is 13.1. The van der Waals surface area contributed by atoms with Crippen molar-refractivity contribution in [3.8, 4) is 11.6 Å². The second kappa shape index (κ2) is 18.0. The standard InChI is InChI=1S/C41H53ClN4O8/c1-4-6-10-14-26-16-13-18-34(26)54-35(47)21-27-15-11-8-7-9-12-17-28-24-41(28,40(50)52-5-2)45-37(48)33-23-30(25-46(33)39(27)49)53-38-36(42)43-31-20-19-29(51-3)22-32(31)44-38/h4,12,17,19-20,22,26-28,30,33-34H,1,5-11,13-16,18,21,23-25H2,2-3H3,(H,45,48)/b17-12-/t26-,27-,28-,30-,33+,34-,41-/m1/s1. The van der Waals surface area contributed by atoms with Crippen molar-refractivity contribution in [1.29, 1.82) is 0 Å². The van der Waals surface area contributed by atoms with Crippen molar-refractivity contribution in [2.24, 2.45) is 17.8 Å². The summed E-state index contributed by atoms with van der Waals surface area (Å²) < 4.78 is 23.2. The van der Waals surface area contributed by atoms with Crippen molar-refractivity contribution < 1.29 is 38.1 Å². The number of aromatic nitrogens is 2. The Bertz CT molecular complexity index is 1740. The molecule has 0 bridgehead atoms. The minimum absolute atomic E-state index is 0.0390. The number of carbonyl (C=O) groups excluding carboxylic acids is 4. The number of nitrogens with zero attached hydrogens (tertiary/aromatic N) is 3. The molecular formula is C41H53ClN4O8. The zero-order valence-electron chi connectivity index (χ0n) is 31.4. The number of esters is 2. The number of fused-ring (bicyclic) bond motifs is 3. The number of halogens is 1. The summed E-state index contributed by atoms with van der Waals surface area (Å²) in [6.07, 6.45) is 15.1. The summed E-state index contributed by atoms with van der Waals surface area (Å²) in [4.78, 5) is 66.3. The van der Waals surface area contributed by atoms with Gasteiger partial charge in [0.1, 0.15) is 29.5 Å². The topological polar surface area (TPSA) is 146 Å². The van der Waals surface area contributed by atoms with Crippen molar-refractivity contribution in [3.63, 3.8) is 0 Å². The molecule has 1 saturated heterocycles. The molecule has 2 amide bonds. The van der Waals surface area contributed by atoms with Gasteiger partial charge >= 0.3 is 11.9 Å². The molecule has 2 aliphatic heterocycles. The smallest absolute Gasteiger partial charge is 0.332 e. The van der Waals surface area contributed by atoms with E-state index in [1.165, 1.54) is 4.90 Å². The Labute approximate surface area is 322 Å². The van der Waals surface area contributed by atoms with E-state index in [-0.39, 0.29) is 55.0 Å². The Morgan fingerprint density at radius 3 is 2.76 bits per heavy atom. The first-order valence-electron chi connectivity index (χ1n) is 19.6. The fourth-order valence-electron chi connectivity index (χ4n) is 8.31. The Hall–Kier alpha value is -4.19. The van der Waals surface area contributed by atoms with E-state index in [9.17, 15) is 19.2 Å². The van der Waals surface area contributed by atoms with Crippen LogP contribution in [0.4, 0.5) is 0 Å². The third-order valence-electron chi connectivity index (χ3n) is 11.3. The number of ether oxygens (including phenoxy) is 4. The quantitative estimate of drug-likeness (QED) is 0.141. The van der Waals surface area contributed by atoms with Crippen LogP contribution in [0.5, 0.6) is 11.6 Å². The van der Waals surface area contributed by atoms with Crippen molar-refractivity contribution in [2.75, 3.05) is 20.3 Å². The third-order valence-corrected chi connectivity index (χ3v) is 11.6. The second-order valence-electron chi connectivity index (χ2n) is 15.1. The lowest BCUT2D eigenvalue weighted by atomic mass is 9.95. The molecule has 12 nitrogen and oxygen atoms in total. The van der Waals surface area contributed by atoms with E-state index >= 15 is 0 Å². The minimum Gasteiger partial charge on any atom is -0.497 e. The van der Waals surface area contributed by atoms with Gasteiger partial charge in [-0.25, -0.2) is 14.8 Å². The lowest BCUT2D eigenvalue weighted by molar-refractivity contribution is -0.156. The maximum absolute atomic E-state index is 14.6. The summed E-state index contributed by atoms with van der Waals surface area (Å²) in [6.45, 7) is 5.76. The number of allylic oxidation sites excluding steroid dienone is 2. The summed E-state index contributed by atoms with van der Waals surface area (Å²) in [5.74, 6) is -1.65. The van der Waals surface area contributed by atoms with Crippen LogP contribution in [0.3, 0.4) is 0 Å². The van der Waals surface area contributed by atoms with E-state index in [0.717, 1.165) is 64.2 Å². The molecule has 54 heavy (non-hydrogen) atoms. The highest BCUT2D eigenvalue weighted by Gasteiger charge is 2.62. The molecule has 2 aliphatic carbocycles. The molecule has 0 radical (unpaired) electrons. The van der Waals surface area contributed by atoms with Crippen LogP contribution in [0.1, 0.15) is 96.8 Å². The van der Waals surface area contributed by atoms with E-state index in [2.05, 4.69) is 27.9 Å². The van der Waals surface area contributed by atoms with Gasteiger partial charge in [0, 0.05) is 24.3 Å². The molecule has 0 unspecified atom stereocenters. The number of unbranched alkanes of at least 4 members (excludes halogenated alkanes) is 1. The maximum atomic E-state index is 14.6. The summed E-state index contributed by atoms with van der Waals surface area (Å²) in [7, 11) is 1.56. The number of hydrogen-bond acceptors (Lipinski definition) is 10. The maximum Gasteiger partial charge on any atom is 0.332 e. The first-order chi connectivity index (χ1) is 26.1. The monoisotopic (exact) mass is 764 g/mol. The van der Waals surface area contributed by atoms with Crippen LogP contribution in [0.15, 0.2) is 43.0 Å². The molecule has 1 N–H and O–H groups in total. The van der Waals surface area contributed by atoms with Crippen molar-refractivity contribution >= 4 is 46.4 Å². The van der Waals surface area contributed by atoms with E-state index < -0.39 is 41.4 Å². The largest absolute Gasteiger partial charge is 0.497 e. The number of nitrogens with one attached hydrogen (secondary N) is 1. The summed E-state index contributed by atoms with van der Waals surface area (Å²) in [6, 6.07) is 4.23. The zero-order chi connectivity index (χ0) is 38.2. The first kappa shape index (κ1) is 39.5. The summed E-state index contributed by atoms with van der Waals surface area (Å²) in [5.41, 5.74) is -0.158. The van der Waals surface area contributed by atoms with E-state index in [4.69, 9.17) is 30.5 Å². The number of hydrogen-bond donors (Lipinski definition) is 1. The van der Waals surface area contributed by atoms with Gasteiger partial charge in [-0.05, 0) is 89.2 Å². The van der Waals surface area contributed by atoms with Crippen molar-refractivity contribution in [1.82, 2.24) is 20.2 Å². The van der Waals surface area contributed by atoms with Gasteiger partial charge in [0.25, 0.3) is 5.88 Å². The van der Waals surface area contributed by atoms with Crippen LogP contribution in [-0.2, 0) is 28.7 Å². The van der Waals surface area contributed by atoms with Gasteiger partial charge in [-0.1, -0.05) is 42.7 Å². The summed E-state index contributed by atoms with van der Waals surface area (Å²) in [5, 5.41) is 3.03. The van der Waals surface area contributed by atoms with Crippen LogP contribution in [0.25, 0.3) is 11.0 Å². The van der Waals surface area contributed by atoms with E-state index in [0.29, 0.717) is 35.5 Å². The Morgan fingerprint density at radius 2 is 1.96 bits per heavy atom. The number of methoxy groups -OCH3 is 1. The van der Waals surface area contributed by atoms with Crippen LogP contribution >= 0.6 is 11.6 Å². The molecular weight excluding hydrogens is 712 g/mol. The lowest BCUT2D eigenvalue weighted by Gasteiger charge is -2.29. The Morgan fingerprint density at radius 1 is 1.11 bits per heavy atom. The number of rotatable bonds is 12. The van der Waals surface area contributed by atoms with Crippen LogP contribution in [0.2, 0.25) is 5.15 Å². The van der Waals surface area contributed by atoms with Crippen molar-refractivity contribution in [3.05, 3.63) is 48.2 Å². The van der Waals surface area contributed by atoms with Crippen LogP contribution in [-0.4, -0.2) is 82.7 Å². The summed E-state index contributed by atoms with van der Waals surface area (Å²) >= 11 is 6.54. The molecule has 6 rings (SSSR count). The van der Waals surface area contributed by atoms with Gasteiger partial charge in [0.2, 0.25) is 11.8 Å².